The molecule has 0 aliphatic rings. The Hall–Kier alpha value is -4.53. The summed E-state index contributed by atoms with van der Waals surface area (Å²) in [5.41, 5.74) is 6.85. The Morgan fingerprint density at radius 2 is 1.52 bits per heavy atom. The number of aryl methyl sites for hydroxylation is 2. The van der Waals surface area contributed by atoms with E-state index >= 15 is 0 Å². The predicted octanol–water partition coefficient (Wildman–Crippen LogP) is 8.00. The third kappa shape index (κ3) is 6.67. The first-order chi connectivity index (χ1) is 21.3. The number of ether oxygens (including phenoxy) is 1. The van der Waals surface area contributed by atoms with Crippen LogP contribution in [0.4, 0.5) is 27.5 Å². The highest BCUT2D eigenvalue weighted by Crippen LogP contribution is 2.36. The molecule has 44 heavy (non-hydrogen) atoms. The van der Waals surface area contributed by atoms with E-state index in [2.05, 4.69) is 20.9 Å². The van der Waals surface area contributed by atoms with Gasteiger partial charge in [-0.05, 0) is 67.4 Å². The smallest absolute Gasteiger partial charge is 0.410 e. The van der Waals surface area contributed by atoms with E-state index in [1.54, 1.807) is 25.2 Å². The topological polar surface area (TPSA) is 95.6 Å². The van der Waals surface area contributed by atoms with Crippen LogP contribution >= 0.6 is 23.2 Å². The van der Waals surface area contributed by atoms with Crippen molar-refractivity contribution in [3.8, 4) is 5.75 Å². The number of pyridine rings is 1. The minimum Gasteiger partial charge on any atom is -0.410 e. The number of nitrogens with zero attached hydrogens (tertiary/aromatic N) is 2. The van der Waals surface area contributed by atoms with Crippen LogP contribution in [0.1, 0.15) is 21.5 Å². The molecule has 0 radical (unpaired) electrons. The number of amides is 2. The van der Waals surface area contributed by atoms with E-state index in [1.165, 1.54) is 0 Å². The molecule has 0 aliphatic carbocycles. The second kappa shape index (κ2) is 13.8. The fourth-order valence-electron chi connectivity index (χ4n) is 5.10. The Morgan fingerprint density at radius 1 is 0.841 bits per heavy atom. The lowest BCUT2D eigenvalue weighted by atomic mass is 10.0. The van der Waals surface area contributed by atoms with E-state index in [0.717, 1.165) is 44.5 Å². The monoisotopic (exact) mass is 629 g/mol. The second-order valence-corrected chi connectivity index (χ2v) is 11.0. The number of alkyl halides is 2. The van der Waals surface area contributed by atoms with E-state index < -0.39 is 6.09 Å². The number of aromatic nitrogens is 1. The van der Waals surface area contributed by atoms with Crippen LogP contribution in [-0.4, -0.2) is 48.9 Å². The number of hydrogen-bond acceptors (Lipinski definition) is 6. The Kier molecular flexibility index (Phi) is 9.72. The number of benzene rings is 4. The summed E-state index contributed by atoms with van der Waals surface area (Å²) >= 11 is 11.8. The van der Waals surface area contributed by atoms with Gasteiger partial charge in [-0.2, -0.15) is 0 Å². The molecule has 0 unspecified atom stereocenters. The summed E-state index contributed by atoms with van der Waals surface area (Å²) in [6.45, 7) is 5.24. The van der Waals surface area contributed by atoms with E-state index in [9.17, 15) is 9.59 Å². The van der Waals surface area contributed by atoms with Crippen LogP contribution in [0.2, 0.25) is 0 Å². The molecule has 3 N–H and O–H groups in total. The molecule has 0 saturated heterocycles. The Bertz CT molecular complexity index is 1820. The number of fused-ring (bicyclic) bond motifs is 2. The number of halogens is 2. The minimum atomic E-state index is -0.609. The summed E-state index contributed by atoms with van der Waals surface area (Å²) in [6, 6.07) is 24.5. The quantitative estimate of drug-likeness (QED) is 0.107. The normalized spacial score (nSPS) is 10.9. The molecule has 0 atom stereocenters. The number of carbonyl (C=O) groups is 2. The summed E-state index contributed by atoms with van der Waals surface area (Å²) in [5.74, 6) is 1.16. The number of hydrogen-bond donors (Lipinski definition) is 3. The van der Waals surface area contributed by atoms with Crippen molar-refractivity contribution in [3.63, 3.8) is 0 Å². The molecule has 1 heterocycles. The van der Waals surface area contributed by atoms with E-state index in [0.29, 0.717) is 47.4 Å². The van der Waals surface area contributed by atoms with Crippen molar-refractivity contribution in [2.45, 2.75) is 13.8 Å². The first-order valence-electron chi connectivity index (χ1n) is 14.2. The molecular formula is C34H33Cl2N5O3. The van der Waals surface area contributed by atoms with Gasteiger partial charge in [0.25, 0.3) is 5.91 Å². The van der Waals surface area contributed by atoms with Crippen molar-refractivity contribution >= 4 is 79.8 Å². The first kappa shape index (κ1) is 30.9. The molecule has 10 heteroatoms. The summed E-state index contributed by atoms with van der Waals surface area (Å²) in [4.78, 5) is 32.6. The van der Waals surface area contributed by atoms with Crippen molar-refractivity contribution in [2.24, 2.45) is 0 Å². The summed E-state index contributed by atoms with van der Waals surface area (Å²) < 4.78 is 5.57. The number of rotatable bonds is 10. The highest BCUT2D eigenvalue weighted by Gasteiger charge is 2.17. The summed E-state index contributed by atoms with van der Waals surface area (Å²) in [7, 11) is 1.60. The van der Waals surface area contributed by atoms with E-state index in [-0.39, 0.29) is 5.91 Å². The third-order valence-corrected chi connectivity index (χ3v) is 7.71. The van der Waals surface area contributed by atoms with Crippen LogP contribution in [0.15, 0.2) is 78.9 Å². The van der Waals surface area contributed by atoms with Gasteiger partial charge in [0.05, 0.1) is 22.3 Å². The molecule has 8 nitrogen and oxygen atoms in total. The van der Waals surface area contributed by atoms with E-state index in [1.807, 2.05) is 74.5 Å². The predicted molar refractivity (Wildman–Crippen MR) is 182 cm³/mol. The third-order valence-electron chi connectivity index (χ3n) is 7.37. The van der Waals surface area contributed by atoms with Crippen LogP contribution in [0, 0.1) is 13.8 Å². The number of para-hydroxylation sites is 2. The zero-order valence-electron chi connectivity index (χ0n) is 24.7. The highest BCUT2D eigenvalue weighted by atomic mass is 35.5. The number of carbonyl (C=O) groups excluding carboxylic acids is 2. The molecule has 2 amide bonds. The average molecular weight is 631 g/mol. The van der Waals surface area contributed by atoms with E-state index in [4.69, 9.17) is 32.9 Å². The molecule has 0 bridgehead atoms. The molecule has 0 spiro atoms. The van der Waals surface area contributed by atoms with Gasteiger partial charge < -0.3 is 20.3 Å². The van der Waals surface area contributed by atoms with Crippen molar-refractivity contribution in [3.05, 3.63) is 95.6 Å². The molecule has 4 aromatic carbocycles. The molecule has 1 aromatic heterocycles. The highest BCUT2D eigenvalue weighted by molar-refractivity contribution is 6.18. The SMILES string of the molecule is CNC(=O)c1cccc2c(Nc3ccc(C)c(NC(=O)Oc4ccc(N(CCCl)CCCl)cc4)c3)c3cccc(C)c3nc12. The van der Waals surface area contributed by atoms with Crippen molar-refractivity contribution in [1.82, 2.24) is 10.3 Å². The first-order valence-corrected chi connectivity index (χ1v) is 15.3. The Morgan fingerprint density at radius 3 is 2.20 bits per heavy atom. The van der Waals surface area contributed by atoms with Gasteiger partial charge in [-0.15, -0.1) is 23.2 Å². The van der Waals surface area contributed by atoms with Gasteiger partial charge in [-0.3, -0.25) is 10.1 Å². The minimum absolute atomic E-state index is 0.209. The average Bonchev–Trinajstić information content (AvgIpc) is 3.02. The zero-order chi connectivity index (χ0) is 31.2. The van der Waals surface area contributed by atoms with Crippen molar-refractivity contribution in [2.75, 3.05) is 47.4 Å². The summed E-state index contributed by atoms with van der Waals surface area (Å²) in [5, 5.41) is 10.8. The Labute approximate surface area is 266 Å². The molecule has 5 aromatic rings. The molecular weight excluding hydrogens is 597 g/mol. The van der Waals surface area contributed by atoms with Gasteiger partial charge in [0.2, 0.25) is 0 Å². The van der Waals surface area contributed by atoms with Gasteiger partial charge in [0.15, 0.2) is 0 Å². The molecule has 0 fully saturated rings. The van der Waals surface area contributed by atoms with Gasteiger partial charge >= 0.3 is 6.09 Å². The molecule has 226 valence electrons. The zero-order valence-corrected chi connectivity index (χ0v) is 26.2. The largest absolute Gasteiger partial charge is 0.417 e. The maximum atomic E-state index is 12.9. The lowest BCUT2D eigenvalue weighted by Gasteiger charge is -2.22. The summed E-state index contributed by atoms with van der Waals surface area (Å²) in [6.07, 6.45) is -0.609. The van der Waals surface area contributed by atoms with Crippen molar-refractivity contribution < 1.29 is 14.3 Å². The van der Waals surface area contributed by atoms with Crippen LogP contribution in [0.3, 0.4) is 0 Å². The standard InChI is InChI=1S/C34H33Cl2N5O3/c1-21-10-11-23(20-29(21)39-34(43)44-25-14-12-24(13-15-25)41(18-16-35)19-17-36)38-31-26-7-4-6-22(2)30(26)40-32-27(31)8-5-9-28(32)33(42)37-3/h4-15,20H,16-19H2,1-3H3,(H,37,42)(H,38,40)(H,39,43). The maximum absolute atomic E-state index is 12.9. The lowest BCUT2D eigenvalue weighted by Crippen LogP contribution is -2.27. The van der Waals surface area contributed by atoms with Crippen LogP contribution in [0.5, 0.6) is 5.75 Å². The molecule has 5 rings (SSSR count). The van der Waals surface area contributed by atoms with Crippen LogP contribution in [0.25, 0.3) is 21.8 Å². The molecule has 0 saturated carbocycles. The van der Waals surface area contributed by atoms with Crippen molar-refractivity contribution in [1.29, 1.82) is 0 Å². The maximum Gasteiger partial charge on any atom is 0.417 e. The second-order valence-electron chi connectivity index (χ2n) is 10.3. The van der Waals surface area contributed by atoms with Gasteiger partial charge in [0.1, 0.15) is 5.75 Å². The number of anilines is 4. The van der Waals surface area contributed by atoms with Gasteiger partial charge in [-0.1, -0.05) is 36.4 Å². The fraction of sp³-hybridized carbons (Fsp3) is 0.206. The van der Waals surface area contributed by atoms with Crippen LogP contribution < -0.4 is 25.6 Å². The molecule has 0 aliphatic heterocycles. The van der Waals surface area contributed by atoms with Crippen LogP contribution in [-0.2, 0) is 0 Å². The fourth-order valence-corrected chi connectivity index (χ4v) is 5.51. The van der Waals surface area contributed by atoms with Gasteiger partial charge in [-0.25, -0.2) is 9.78 Å². The van der Waals surface area contributed by atoms with Gasteiger partial charge in [0, 0.05) is 59.7 Å². The number of nitrogens with one attached hydrogen (secondary N) is 3. The Balaban J connectivity index is 1.41. The lowest BCUT2D eigenvalue weighted by molar-refractivity contribution is 0.0964.